The van der Waals surface area contributed by atoms with E-state index in [2.05, 4.69) is 18.9 Å². The molecule has 0 spiro atoms. The Morgan fingerprint density at radius 3 is 2.65 bits per heavy atom. The van der Waals surface area contributed by atoms with E-state index in [0.717, 1.165) is 24.1 Å². The summed E-state index contributed by atoms with van der Waals surface area (Å²) in [6.45, 7) is 6.67. The number of phenolic OH excluding ortho intramolecular Hbond substituents is 1. The Labute approximate surface area is 120 Å². The second-order valence-electron chi connectivity index (χ2n) is 5.05. The van der Waals surface area contributed by atoms with E-state index in [0.29, 0.717) is 18.4 Å². The summed E-state index contributed by atoms with van der Waals surface area (Å²) in [5.41, 5.74) is 1.88. The van der Waals surface area contributed by atoms with E-state index in [1.165, 1.54) is 0 Å². The minimum Gasteiger partial charge on any atom is -0.508 e. The summed E-state index contributed by atoms with van der Waals surface area (Å²) in [6, 6.07) is 7.65. The molecule has 108 valence electrons. The van der Waals surface area contributed by atoms with Crippen molar-refractivity contribution < 1.29 is 9.84 Å². The van der Waals surface area contributed by atoms with Gasteiger partial charge in [-0.2, -0.15) is 5.10 Å². The van der Waals surface area contributed by atoms with Crippen LogP contribution in [0.2, 0.25) is 0 Å². The summed E-state index contributed by atoms with van der Waals surface area (Å²) in [4.78, 5) is 0. The smallest absolute Gasteiger partial charge is 0.132 e. The molecule has 0 aliphatic rings. The first-order valence-electron chi connectivity index (χ1n) is 7.09. The minimum atomic E-state index is 0.225. The molecule has 0 saturated heterocycles. The molecule has 0 unspecified atom stereocenters. The molecule has 20 heavy (non-hydrogen) atoms. The number of ether oxygens (including phenoxy) is 1. The highest BCUT2D eigenvalue weighted by Crippen LogP contribution is 2.22. The molecule has 0 aliphatic carbocycles. The van der Waals surface area contributed by atoms with Gasteiger partial charge in [-0.15, -0.1) is 0 Å². The van der Waals surface area contributed by atoms with Crippen LogP contribution in [-0.4, -0.2) is 14.9 Å². The van der Waals surface area contributed by atoms with Crippen molar-refractivity contribution in [3.63, 3.8) is 0 Å². The van der Waals surface area contributed by atoms with Crippen LogP contribution in [0.4, 0.5) is 0 Å². The number of hydrogen-bond acceptors (Lipinski definition) is 3. The van der Waals surface area contributed by atoms with E-state index >= 15 is 0 Å². The Bertz CT molecular complexity index is 539. The third kappa shape index (κ3) is 3.53. The Morgan fingerprint density at radius 2 is 2.00 bits per heavy atom. The molecule has 0 bridgehead atoms. The molecule has 4 nitrogen and oxygen atoms in total. The zero-order chi connectivity index (χ0) is 14.5. The molecule has 0 saturated carbocycles. The third-order valence-electron chi connectivity index (χ3n) is 3.40. The van der Waals surface area contributed by atoms with Crippen molar-refractivity contribution in [3.05, 3.63) is 41.7 Å². The number of rotatable bonds is 6. The second-order valence-corrected chi connectivity index (χ2v) is 5.05. The lowest BCUT2D eigenvalue weighted by molar-refractivity contribution is 0.295. The van der Waals surface area contributed by atoms with Gasteiger partial charge in [0.25, 0.3) is 0 Å². The topological polar surface area (TPSA) is 47.3 Å². The van der Waals surface area contributed by atoms with Crippen molar-refractivity contribution in [2.24, 2.45) is 0 Å². The number of aromatic nitrogens is 2. The predicted octanol–water partition coefficient (Wildman–Crippen LogP) is 3.84. The largest absolute Gasteiger partial charge is 0.508 e. The van der Waals surface area contributed by atoms with Crippen molar-refractivity contribution >= 4 is 0 Å². The van der Waals surface area contributed by atoms with Gasteiger partial charge in [0.05, 0.1) is 11.7 Å². The number of benzene rings is 1. The molecule has 0 amide bonds. The van der Waals surface area contributed by atoms with Crippen molar-refractivity contribution in [1.82, 2.24) is 9.78 Å². The van der Waals surface area contributed by atoms with Crippen LogP contribution in [-0.2, 0) is 6.61 Å². The zero-order valence-corrected chi connectivity index (χ0v) is 12.3. The molecule has 0 aliphatic heterocycles. The Morgan fingerprint density at radius 1 is 1.25 bits per heavy atom. The molecule has 2 aromatic rings. The molecule has 0 atom stereocenters. The van der Waals surface area contributed by atoms with Gasteiger partial charge in [-0.1, -0.05) is 13.8 Å². The molecular weight excluding hydrogens is 252 g/mol. The summed E-state index contributed by atoms with van der Waals surface area (Å²) >= 11 is 0. The quantitative estimate of drug-likeness (QED) is 0.870. The van der Waals surface area contributed by atoms with Gasteiger partial charge in [-0.3, -0.25) is 4.68 Å². The van der Waals surface area contributed by atoms with Crippen LogP contribution < -0.4 is 4.74 Å². The van der Waals surface area contributed by atoms with E-state index in [9.17, 15) is 5.11 Å². The number of nitrogens with zero attached hydrogens (tertiary/aromatic N) is 2. The summed E-state index contributed by atoms with van der Waals surface area (Å²) in [7, 11) is 0. The first-order valence-corrected chi connectivity index (χ1v) is 7.09. The molecule has 0 fully saturated rings. The van der Waals surface area contributed by atoms with Gasteiger partial charge in [0.1, 0.15) is 18.1 Å². The predicted molar refractivity (Wildman–Crippen MR) is 79.0 cm³/mol. The Kier molecular flexibility index (Phi) is 4.66. The molecule has 1 aromatic heterocycles. The van der Waals surface area contributed by atoms with Gasteiger partial charge >= 0.3 is 0 Å². The lowest BCUT2D eigenvalue weighted by atomic mass is 10.2. The molecule has 1 heterocycles. The van der Waals surface area contributed by atoms with E-state index in [1.807, 2.05) is 29.9 Å². The van der Waals surface area contributed by atoms with E-state index in [1.54, 1.807) is 12.1 Å². The normalized spacial score (nSPS) is 11.0. The van der Waals surface area contributed by atoms with Gasteiger partial charge in [-0.05, 0) is 43.5 Å². The minimum absolute atomic E-state index is 0.225. The maximum Gasteiger partial charge on any atom is 0.132 e. The maximum absolute atomic E-state index is 9.53. The highest BCUT2D eigenvalue weighted by Gasteiger charge is 2.08. The molecule has 1 aromatic carbocycles. The summed E-state index contributed by atoms with van der Waals surface area (Å²) in [5, 5.41) is 14.1. The molecular formula is C16H22N2O2. The van der Waals surface area contributed by atoms with Crippen LogP contribution in [0.15, 0.2) is 30.5 Å². The molecule has 2 rings (SSSR count). The van der Waals surface area contributed by atoms with Gasteiger partial charge < -0.3 is 9.84 Å². The summed E-state index contributed by atoms with van der Waals surface area (Å²) < 4.78 is 7.68. The molecule has 4 heteroatoms. The van der Waals surface area contributed by atoms with E-state index in [-0.39, 0.29) is 5.75 Å². The fourth-order valence-electron chi connectivity index (χ4n) is 2.29. The molecule has 1 N–H and O–H groups in total. The highest BCUT2D eigenvalue weighted by molar-refractivity contribution is 5.36. The third-order valence-corrected chi connectivity index (χ3v) is 3.40. The fourth-order valence-corrected chi connectivity index (χ4v) is 2.29. The number of phenols is 1. The van der Waals surface area contributed by atoms with E-state index in [4.69, 9.17) is 4.74 Å². The van der Waals surface area contributed by atoms with Gasteiger partial charge in [0.2, 0.25) is 0 Å². The maximum atomic E-state index is 9.53. The Balaban J connectivity index is 2.00. The number of aryl methyl sites for hydroxylation is 1. The van der Waals surface area contributed by atoms with Crippen LogP contribution in [0.1, 0.15) is 44.0 Å². The standard InChI is InChI=1S/C16H22N2O2/c1-4-14(5-2)18-7-6-13(17-18)11-20-16-9-12(3)8-15(19)10-16/h6-10,14,19H,4-5,11H2,1-3H3. The lowest BCUT2D eigenvalue weighted by Crippen LogP contribution is -2.08. The summed E-state index contributed by atoms with van der Waals surface area (Å²) in [6.07, 6.45) is 4.15. The monoisotopic (exact) mass is 274 g/mol. The lowest BCUT2D eigenvalue weighted by Gasteiger charge is -2.12. The number of hydrogen-bond donors (Lipinski definition) is 1. The van der Waals surface area contributed by atoms with Crippen LogP contribution in [0.5, 0.6) is 11.5 Å². The highest BCUT2D eigenvalue weighted by atomic mass is 16.5. The van der Waals surface area contributed by atoms with Crippen LogP contribution in [0.25, 0.3) is 0 Å². The second kappa shape index (κ2) is 6.46. The Hall–Kier alpha value is -1.97. The van der Waals surface area contributed by atoms with Crippen molar-refractivity contribution in [3.8, 4) is 11.5 Å². The first kappa shape index (κ1) is 14.4. The van der Waals surface area contributed by atoms with Gasteiger partial charge in [0, 0.05) is 12.3 Å². The fraction of sp³-hybridized carbons (Fsp3) is 0.438. The average molecular weight is 274 g/mol. The molecule has 0 radical (unpaired) electrons. The van der Waals surface area contributed by atoms with Crippen molar-refractivity contribution in [1.29, 1.82) is 0 Å². The van der Waals surface area contributed by atoms with Crippen LogP contribution in [0, 0.1) is 6.92 Å². The van der Waals surface area contributed by atoms with Crippen LogP contribution in [0.3, 0.4) is 0 Å². The average Bonchev–Trinajstić information content (AvgIpc) is 2.86. The van der Waals surface area contributed by atoms with E-state index < -0.39 is 0 Å². The number of aromatic hydroxyl groups is 1. The van der Waals surface area contributed by atoms with Crippen molar-refractivity contribution in [2.75, 3.05) is 0 Å². The van der Waals surface area contributed by atoms with Crippen LogP contribution >= 0.6 is 0 Å². The summed E-state index contributed by atoms with van der Waals surface area (Å²) in [5.74, 6) is 0.891. The SMILES string of the molecule is CCC(CC)n1ccc(COc2cc(C)cc(O)c2)n1. The van der Waals surface area contributed by atoms with Gasteiger partial charge in [-0.25, -0.2) is 0 Å². The van der Waals surface area contributed by atoms with Crippen molar-refractivity contribution in [2.45, 2.75) is 46.3 Å². The first-order chi connectivity index (χ1) is 9.62. The zero-order valence-electron chi connectivity index (χ0n) is 12.3. The van der Waals surface area contributed by atoms with Gasteiger partial charge in [0.15, 0.2) is 0 Å².